The minimum atomic E-state index is -0.643. The fourth-order valence-corrected chi connectivity index (χ4v) is 2.06. The molecule has 0 aliphatic heterocycles. The normalized spacial score (nSPS) is 13.4. The highest BCUT2D eigenvalue weighted by Crippen LogP contribution is 2.19. The summed E-state index contributed by atoms with van der Waals surface area (Å²) in [5.41, 5.74) is 0.724. The third-order valence-electron chi connectivity index (χ3n) is 3.62. The van der Waals surface area contributed by atoms with Gasteiger partial charge in [-0.25, -0.2) is 4.79 Å². The van der Waals surface area contributed by atoms with Crippen LogP contribution in [-0.4, -0.2) is 56.0 Å². The molecule has 7 heteroatoms. The number of hydrogen-bond donors (Lipinski definition) is 1. The summed E-state index contributed by atoms with van der Waals surface area (Å²) in [5.74, 6) is -0.662. The number of likely N-dealkylation sites (N-methyl/N-ethyl adjacent to an activating group) is 1. The van der Waals surface area contributed by atoms with Crippen molar-refractivity contribution in [3.63, 3.8) is 0 Å². The lowest BCUT2D eigenvalue weighted by Gasteiger charge is -2.16. The van der Waals surface area contributed by atoms with Gasteiger partial charge in [0.25, 0.3) is 5.91 Å². The lowest BCUT2D eigenvalue weighted by molar-refractivity contribution is -0.148. The van der Waals surface area contributed by atoms with E-state index < -0.39 is 18.5 Å². The van der Waals surface area contributed by atoms with E-state index in [4.69, 9.17) is 9.47 Å². The average Bonchev–Trinajstić information content (AvgIpc) is 3.41. The maximum atomic E-state index is 11.9. The van der Waals surface area contributed by atoms with Crippen LogP contribution in [0, 0.1) is 0 Å². The van der Waals surface area contributed by atoms with E-state index in [2.05, 4.69) is 5.32 Å². The van der Waals surface area contributed by atoms with Crippen molar-refractivity contribution in [3.8, 4) is 5.75 Å². The highest BCUT2D eigenvalue weighted by molar-refractivity contribution is 5.90. The summed E-state index contributed by atoms with van der Waals surface area (Å²) in [4.78, 5) is 36.5. The van der Waals surface area contributed by atoms with Crippen LogP contribution in [0.1, 0.15) is 18.4 Å². The van der Waals surface area contributed by atoms with Crippen LogP contribution in [0.3, 0.4) is 0 Å². The average molecular weight is 346 g/mol. The third kappa shape index (κ3) is 6.29. The van der Waals surface area contributed by atoms with Crippen LogP contribution in [-0.2, 0) is 19.1 Å². The van der Waals surface area contributed by atoms with Gasteiger partial charge in [-0.15, -0.1) is 0 Å². The molecule has 0 bridgehead atoms. The van der Waals surface area contributed by atoms with Gasteiger partial charge in [0.15, 0.2) is 6.61 Å². The second-order valence-corrected chi connectivity index (χ2v) is 5.77. The van der Waals surface area contributed by atoms with E-state index in [0.717, 1.165) is 18.4 Å². The lowest BCUT2D eigenvalue weighted by Crippen LogP contribution is -2.40. The van der Waals surface area contributed by atoms with Gasteiger partial charge in [0.2, 0.25) is 5.91 Å². The van der Waals surface area contributed by atoms with Crippen molar-refractivity contribution in [2.75, 3.05) is 27.3 Å². The van der Waals surface area contributed by atoms with Crippen LogP contribution in [0.5, 0.6) is 5.75 Å². The predicted octanol–water partition coefficient (Wildman–Crippen LogP) is 0.989. The predicted molar refractivity (Wildman–Crippen MR) is 91.8 cm³/mol. The molecular weight excluding hydrogens is 324 g/mol. The largest absolute Gasteiger partial charge is 0.496 e. The van der Waals surface area contributed by atoms with Gasteiger partial charge in [0.05, 0.1) is 13.7 Å². The number of rotatable bonds is 8. The number of benzene rings is 1. The van der Waals surface area contributed by atoms with Crippen molar-refractivity contribution in [2.24, 2.45) is 0 Å². The molecular formula is C18H22N2O5. The van der Waals surface area contributed by atoms with Crippen molar-refractivity contribution < 1.29 is 23.9 Å². The second-order valence-electron chi connectivity index (χ2n) is 5.77. The Balaban J connectivity index is 1.75. The Morgan fingerprint density at radius 3 is 2.68 bits per heavy atom. The molecule has 25 heavy (non-hydrogen) atoms. The molecule has 1 saturated carbocycles. The van der Waals surface area contributed by atoms with E-state index in [0.29, 0.717) is 5.75 Å². The minimum absolute atomic E-state index is 0.0516. The van der Waals surface area contributed by atoms with E-state index in [9.17, 15) is 14.4 Å². The first kappa shape index (κ1) is 18.5. The van der Waals surface area contributed by atoms with Gasteiger partial charge in [0.1, 0.15) is 5.75 Å². The van der Waals surface area contributed by atoms with E-state index in [-0.39, 0.29) is 18.5 Å². The standard InChI is InChI=1S/C18H22N2O5/c1-20(11-16(21)19-14-8-9-14)17(22)12-25-18(23)10-7-13-5-3-4-6-15(13)24-2/h3-7,10,14H,8-9,11-12H2,1-2H3,(H,19,21)/b10-7+. The molecule has 0 saturated heterocycles. The molecule has 1 fully saturated rings. The Kier molecular flexibility index (Phi) is 6.56. The summed E-state index contributed by atoms with van der Waals surface area (Å²) >= 11 is 0. The molecule has 1 aliphatic rings. The number of ether oxygens (including phenoxy) is 2. The summed E-state index contributed by atoms with van der Waals surface area (Å²) in [6.07, 6.45) is 4.75. The number of methoxy groups -OCH3 is 1. The van der Waals surface area contributed by atoms with Gasteiger partial charge in [-0.3, -0.25) is 9.59 Å². The number of carbonyl (C=O) groups excluding carboxylic acids is 3. The van der Waals surface area contributed by atoms with E-state index >= 15 is 0 Å². The van der Waals surface area contributed by atoms with Gasteiger partial charge in [-0.05, 0) is 25.0 Å². The molecule has 0 aromatic heterocycles. The molecule has 2 amide bonds. The number of amides is 2. The van der Waals surface area contributed by atoms with Crippen molar-refractivity contribution in [3.05, 3.63) is 35.9 Å². The molecule has 0 unspecified atom stereocenters. The molecule has 7 nitrogen and oxygen atoms in total. The Morgan fingerprint density at radius 1 is 1.28 bits per heavy atom. The minimum Gasteiger partial charge on any atom is -0.496 e. The van der Waals surface area contributed by atoms with Crippen LogP contribution < -0.4 is 10.1 Å². The zero-order valence-corrected chi connectivity index (χ0v) is 14.4. The third-order valence-corrected chi connectivity index (χ3v) is 3.62. The Morgan fingerprint density at radius 2 is 2.00 bits per heavy atom. The zero-order valence-electron chi connectivity index (χ0n) is 14.4. The van der Waals surface area contributed by atoms with Crippen molar-refractivity contribution in [1.29, 1.82) is 0 Å². The van der Waals surface area contributed by atoms with Gasteiger partial charge in [-0.1, -0.05) is 18.2 Å². The lowest BCUT2D eigenvalue weighted by atomic mass is 10.2. The number of nitrogens with one attached hydrogen (secondary N) is 1. The first-order valence-corrected chi connectivity index (χ1v) is 8.00. The summed E-state index contributed by atoms with van der Waals surface area (Å²) < 4.78 is 10.1. The van der Waals surface area contributed by atoms with E-state index in [1.54, 1.807) is 25.3 Å². The highest BCUT2D eigenvalue weighted by atomic mass is 16.5. The van der Waals surface area contributed by atoms with Crippen LogP contribution >= 0.6 is 0 Å². The topological polar surface area (TPSA) is 84.9 Å². The van der Waals surface area contributed by atoms with Crippen molar-refractivity contribution in [1.82, 2.24) is 10.2 Å². The summed E-state index contributed by atoms with van der Waals surface area (Å²) in [6, 6.07) is 7.45. The zero-order chi connectivity index (χ0) is 18.2. The van der Waals surface area contributed by atoms with E-state index in [1.807, 2.05) is 12.1 Å². The number of para-hydroxylation sites is 1. The van der Waals surface area contributed by atoms with Crippen molar-refractivity contribution >= 4 is 23.9 Å². The summed E-state index contributed by atoms with van der Waals surface area (Å²) in [7, 11) is 3.03. The fraction of sp³-hybridized carbons (Fsp3) is 0.389. The molecule has 0 radical (unpaired) electrons. The van der Waals surface area contributed by atoms with Gasteiger partial charge in [-0.2, -0.15) is 0 Å². The Labute approximate surface area is 146 Å². The molecule has 1 N–H and O–H groups in total. The summed E-state index contributed by atoms with van der Waals surface area (Å²) in [5, 5.41) is 2.79. The quantitative estimate of drug-likeness (QED) is 0.560. The molecule has 1 aliphatic carbocycles. The summed E-state index contributed by atoms with van der Waals surface area (Å²) in [6.45, 7) is -0.466. The molecule has 2 rings (SSSR count). The molecule has 1 aromatic carbocycles. The van der Waals surface area contributed by atoms with Crippen LogP contribution in [0.25, 0.3) is 6.08 Å². The van der Waals surface area contributed by atoms with Crippen LogP contribution in [0.4, 0.5) is 0 Å². The first-order chi connectivity index (χ1) is 12.0. The van der Waals surface area contributed by atoms with Crippen molar-refractivity contribution in [2.45, 2.75) is 18.9 Å². The molecule has 134 valence electrons. The molecule has 0 heterocycles. The van der Waals surface area contributed by atoms with Crippen LogP contribution in [0.15, 0.2) is 30.3 Å². The number of nitrogens with zero attached hydrogens (tertiary/aromatic N) is 1. The number of hydrogen-bond acceptors (Lipinski definition) is 5. The fourth-order valence-electron chi connectivity index (χ4n) is 2.06. The maximum absolute atomic E-state index is 11.9. The van der Waals surface area contributed by atoms with Crippen LogP contribution in [0.2, 0.25) is 0 Å². The SMILES string of the molecule is COc1ccccc1/C=C/C(=O)OCC(=O)N(C)CC(=O)NC1CC1. The van der Waals surface area contributed by atoms with Gasteiger partial charge < -0.3 is 19.7 Å². The monoisotopic (exact) mass is 346 g/mol. The number of carbonyl (C=O) groups is 3. The number of esters is 1. The van der Waals surface area contributed by atoms with E-state index in [1.165, 1.54) is 18.0 Å². The Hall–Kier alpha value is -2.83. The smallest absolute Gasteiger partial charge is 0.331 e. The Bertz CT molecular complexity index is 667. The highest BCUT2D eigenvalue weighted by Gasteiger charge is 2.24. The van der Waals surface area contributed by atoms with Gasteiger partial charge in [0, 0.05) is 24.7 Å². The van der Waals surface area contributed by atoms with Gasteiger partial charge >= 0.3 is 5.97 Å². The molecule has 0 spiro atoms. The second kappa shape index (κ2) is 8.86. The first-order valence-electron chi connectivity index (χ1n) is 8.00. The molecule has 1 aromatic rings. The molecule has 0 atom stereocenters. The maximum Gasteiger partial charge on any atom is 0.331 e.